The van der Waals surface area contributed by atoms with Gasteiger partial charge < -0.3 is 10.1 Å². The summed E-state index contributed by atoms with van der Waals surface area (Å²) in [4.78, 5) is 16.3. The summed E-state index contributed by atoms with van der Waals surface area (Å²) in [6, 6.07) is 3.61. The van der Waals surface area contributed by atoms with Gasteiger partial charge in [0.2, 0.25) is 0 Å². The minimum Gasteiger partial charge on any atom is -0.465 e. The first-order chi connectivity index (χ1) is 9.42. The van der Waals surface area contributed by atoms with E-state index in [0.29, 0.717) is 18.1 Å². The predicted molar refractivity (Wildman–Crippen MR) is 83.3 cm³/mol. The van der Waals surface area contributed by atoms with E-state index in [2.05, 4.69) is 10.3 Å². The lowest BCUT2D eigenvalue weighted by atomic mass is 9.96. The minimum absolute atomic E-state index is 0.171. The van der Waals surface area contributed by atoms with Gasteiger partial charge in [-0.2, -0.15) is 0 Å². The molecule has 0 aromatic carbocycles. The average molecular weight is 317 g/mol. The molecule has 1 N–H and O–H groups in total. The monoisotopic (exact) mass is 316 g/mol. The first-order valence-corrected chi connectivity index (χ1v) is 7.82. The van der Waals surface area contributed by atoms with Crippen molar-refractivity contribution in [3.05, 3.63) is 23.4 Å². The van der Waals surface area contributed by atoms with Crippen LogP contribution in [0.15, 0.2) is 23.4 Å². The molecule has 20 heavy (non-hydrogen) atoms. The fourth-order valence-electron chi connectivity index (χ4n) is 1.84. The number of hydrogen-bond acceptors (Lipinski definition) is 5. The molecule has 0 spiro atoms. The first kappa shape index (κ1) is 17.3. The van der Waals surface area contributed by atoms with Crippen molar-refractivity contribution in [3.63, 3.8) is 0 Å². The topological polar surface area (TPSA) is 51.2 Å². The second-order valence-corrected chi connectivity index (χ2v) is 6.56. The Hall–Kier alpha value is -0.780. The normalized spacial score (nSPS) is 15.4. The van der Waals surface area contributed by atoms with Gasteiger partial charge in [-0.15, -0.1) is 11.8 Å². The number of aromatic nitrogens is 1. The van der Waals surface area contributed by atoms with E-state index in [-0.39, 0.29) is 11.2 Å². The number of carbonyl (C=O) groups is 1. The van der Waals surface area contributed by atoms with Crippen molar-refractivity contribution in [1.29, 1.82) is 0 Å². The van der Waals surface area contributed by atoms with Gasteiger partial charge in [0.25, 0.3) is 0 Å². The molecule has 1 rings (SSSR count). The third-order valence-corrected chi connectivity index (χ3v) is 4.55. The van der Waals surface area contributed by atoms with Crippen molar-refractivity contribution in [2.75, 3.05) is 13.7 Å². The van der Waals surface area contributed by atoms with Crippen LogP contribution < -0.4 is 5.32 Å². The standard InChI is InChI=1S/C14H21ClN2O2S/c1-5-19-13(18)14(3,16-4)9-10(2)20-12-11(15)7-6-8-17-12/h6-8,10,16H,5,9H2,1-4H3. The third-order valence-electron chi connectivity index (χ3n) is 3.01. The molecule has 2 atom stereocenters. The number of hydrogen-bond donors (Lipinski definition) is 1. The summed E-state index contributed by atoms with van der Waals surface area (Å²) in [6.45, 7) is 6.08. The Morgan fingerprint density at radius 2 is 2.35 bits per heavy atom. The maximum absolute atomic E-state index is 12.0. The van der Waals surface area contributed by atoms with E-state index in [1.807, 2.05) is 19.9 Å². The number of pyridine rings is 1. The number of nitrogens with zero attached hydrogens (tertiary/aromatic N) is 1. The highest BCUT2D eigenvalue weighted by atomic mass is 35.5. The van der Waals surface area contributed by atoms with Crippen LogP contribution in [0.1, 0.15) is 27.2 Å². The van der Waals surface area contributed by atoms with Crippen molar-refractivity contribution in [1.82, 2.24) is 10.3 Å². The van der Waals surface area contributed by atoms with Crippen molar-refractivity contribution < 1.29 is 9.53 Å². The molecule has 1 heterocycles. The Balaban J connectivity index is 2.70. The molecule has 0 aliphatic rings. The number of rotatable bonds is 7. The summed E-state index contributed by atoms with van der Waals surface area (Å²) in [5, 5.41) is 4.64. The number of halogens is 1. The smallest absolute Gasteiger partial charge is 0.326 e. The molecule has 0 saturated heterocycles. The molecule has 1 aromatic heterocycles. The van der Waals surface area contributed by atoms with Crippen LogP contribution in [-0.4, -0.2) is 35.4 Å². The highest BCUT2D eigenvalue weighted by Gasteiger charge is 2.35. The summed E-state index contributed by atoms with van der Waals surface area (Å²) in [5.41, 5.74) is -0.705. The van der Waals surface area contributed by atoms with Crippen LogP contribution in [0.2, 0.25) is 5.02 Å². The molecule has 0 fully saturated rings. The van der Waals surface area contributed by atoms with Crippen LogP contribution in [0, 0.1) is 0 Å². The third kappa shape index (κ3) is 4.65. The van der Waals surface area contributed by atoms with Gasteiger partial charge in [0.05, 0.1) is 11.6 Å². The number of carbonyl (C=O) groups excluding carboxylic acids is 1. The van der Waals surface area contributed by atoms with Crippen molar-refractivity contribution in [2.24, 2.45) is 0 Å². The number of esters is 1. The van der Waals surface area contributed by atoms with E-state index >= 15 is 0 Å². The molecular weight excluding hydrogens is 296 g/mol. The molecule has 0 saturated carbocycles. The number of thioether (sulfide) groups is 1. The van der Waals surface area contributed by atoms with Crippen LogP contribution in [0.5, 0.6) is 0 Å². The molecule has 4 nitrogen and oxygen atoms in total. The van der Waals surface area contributed by atoms with E-state index in [9.17, 15) is 4.79 Å². The molecule has 112 valence electrons. The molecule has 0 aliphatic heterocycles. The number of nitrogens with one attached hydrogen (secondary N) is 1. The van der Waals surface area contributed by atoms with Crippen LogP contribution in [0.25, 0.3) is 0 Å². The lowest BCUT2D eigenvalue weighted by molar-refractivity contribution is -0.150. The highest BCUT2D eigenvalue weighted by Crippen LogP contribution is 2.31. The Morgan fingerprint density at radius 1 is 1.65 bits per heavy atom. The largest absolute Gasteiger partial charge is 0.465 e. The first-order valence-electron chi connectivity index (χ1n) is 6.56. The molecular formula is C14H21ClN2O2S. The zero-order valence-corrected chi connectivity index (χ0v) is 13.8. The lowest BCUT2D eigenvalue weighted by Gasteiger charge is -2.29. The zero-order valence-electron chi connectivity index (χ0n) is 12.3. The summed E-state index contributed by atoms with van der Waals surface area (Å²) >= 11 is 7.65. The zero-order chi connectivity index (χ0) is 15.2. The van der Waals surface area contributed by atoms with Gasteiger partial charge in [-0.05, 0) is 39.4 Å². The molecule has 0 aliphatic carbocycles. The van der Waals surface area contributed by atoms with Crippen LogP contribution in [-0.2, 0) is 9.53 Å². The summed E-state index contributed by atoms with van der Waals surface area (Å²) < 4.78 is 5.12. The van der Waals surface area contributed by atoms with E-state index in [4.69, 9.17) is 16.3 Å². The van der Waals surface area contributed by atoms with Gasteiger partial charge >= 0.3 is 5.97 Å². The second kappa shape index (κ2) is 7.86. The Kier molecular flexibility index (Phi) is 6.79. The van der Waals surface area contributed by atoms with Crippen LogP contribution in [0.4, 0.5) is 0 Å². The maximum atomic E-state index is 12.0. The van der Waals surface area contributed by atoms with E-state index in [1.54, 1.807) is 38.0 Å². The average Bonchev–Trinajstić information content (AvgIpc) is 2.41. The number of ether oxygens (including phenoxy) is 1. The molecule has 0 amide bonds. The molecule has 6 heteroatoms. The fraction of sp³-hybridized carbons (Fsp3) is 0.571. The fourth-order valence-corrected chi connectivity index (χ4v) is 3.20. The summed E-state index contributed by atoms with van der Waals surface area (Å²) in [7, 11) is 1.77. The quantitative estimate of drug-likeness (QED) is 0.618. The highest BCUT2D eigenvalue weighted by molar-refractivity contribution is 7.99. The van der Waals surface area contributed by atoms with Gasteiger partial charge in [-0.1, -0.05) is 18.5 Å². The van der Waals surface area contributed by atoms with Crippen molar-refractivity contribution in [2.45, 2.75) is 43.0 Å². The van der Waals surface area contributed by atoms with E-state index in [0.717, 1.165) is 5.03 Å². The van der Waals surface area contributed by atoms with Gasteiger partial charge in [-0.25, -0.2) is 4.98 Å². The number of likely N-dealkylation sites (N-methyl/N-ethyl adjacent to an activating group) is 1. The predicted octanol–water partition coefficient (Wildman–Crippen LogP) is 3.15. The van der Waals surface area contributed by atoms with Crippen LogP contribution in [0.3, 0.4) is 0 Å². The van der Waals surface area contributed by atoms with Crippen molar-refractivity contribution >= 4 is 29.3 Å². The van der Waals surface area contributed by atoms with Gasteiger partial charge in [0.1, 0.15) is 10.6 Å². The SMILES string of the molecule is CCOC(=O)C(C)(CC(C)Sc1ncccc1Cl)NC. The van der Waals surface area contributed by atoms with Gasteiger partial charge in [-0.3, -0.25) is 4.79 Å². The maximum Gasteiger partial charge on any atom is 0.326 e. The molecule has 2 unspecified atom stereocenters. The van der Waals surface area contributed by atoms with E-state index in [1.165, 1.54) is 0 Å². The summed E-state index contributed by atoms with van der Waals surface area (Å²) in [5.74, 6) is -0.234. The van der Waals surface area contributed by atoms with Gasteiger partial charge in [0.15, 0.2) is 0 Å². The van der Waals surface area contributed by atoms with Crippen LogP contribution >= 0.6 is 23.4 Å². The minimum atomic E-state index is -0.705. The van der Waals surface area contributed by atoms with Crippen molar-refractivity contribution in [3.8, 4) is 0 Å². The Morgan fingerprint density at radius 3 is 2.90 bits per heavy atom. The summed E-state index contributed by atoms with van der Waals surface area (Å²) in [6.07, 6.45) is 2.34. The van der Waals surface area contributed by atoms with E-state index < -0.39 is 5.54 Å². The molecule has 1 aromatic rings. The second-order valence-electron chi connectivity index (χ2n) is 4.73. The lowest BCUT2D eigenvalue weighted by Crippen LogP contribution is -2.50. The molecule has 0 radical (unpaired) electrons. The molecule has 0 bridgehead atoms. The Bertz CT molecular complexity index is 459. The van der Waals surface area contributed by atoms with Gasteiger partial charge in [0, 0.05) is 11.4 Å². The Labute approximate surface area is 129 Å².